The van der Waals surface area contributed by atoms with Crippen molar-refractivity contribution in [2.45, 2.75) is 62.7 Å². The number of benzene rings is 1. The Morgan fingerprint density at radius 1 is 1.07 bits per heavy atom. The summed E-state index contributed by atoms with van der Waals surface area (Å²) < 4.78 is 32.1. The molecule has 1 heterocycles. The highest BCUT2D eigenvalue weighted by molar-refractivity contribution is 7.89. The maximum absolute atomic E-state index is 13.0. The predicted octanol–water partition coefficient (Wildman–Crippen LogP) is 3.76. The van der Waals surface area contributed by atoms with E-state index in [1.54, 1.807) is 0 Å². The summed E-state index contributed by atoms with van der Waals surface area (Å²) >= 11 is 6.18. The molecule has 0 saturated carbocycles. The molecule has 0 radical (unpaired) electrons. The number of hydrogen-bond donors (Lipinski definition) is 1. The first-order valence-corrected chi connectivity index (χ1v) is 12.3. The molecule has 0 aromatic heterocycles. The number of carbonyl (C=O) groups excluding carboxylic acids is 2. The van der Waals surface area contributed by atoms with Gasteiger partial charge in [-0.3, -0.25) is 9.59 Å². The number of rotatable bonds is 10. The van der Waals surface area contributed by atoms with Crippen molar-refractivity contribution in [3.8, 4) is 0 Å². The highest BCUT2D eigenvalue weighted by Gasteiger charge is 2.28. The van der Waals surface area contributed by atoms with Gasteiger partial charge in [-0.2, -0.15) is 4.31 Å². The first-order chi connectivity index (χ1) is 14.4. The number of nitrogens with zero attached hydrogens (tertiary/aromatic N) is 1. The Labute approximate surface area is 184 Å². The van der Waals surface area contributed by atoms with Gasteiger partial charge in [0.25, 0.3) is 5.91 Å². The number of halogens is 1. The Hall–Kier alpha value is -1.64. The van der Waals surface area contributed by atoms with Crippen molar-refractivity contribution in [1.29, 1.82) is 0 Å². The van der Waals surface area contributed by atoms with Gasteiger partial charge in [0.1, 0.15) is 4.90 Å². The molecule has 0 bridgehead atoms. The van der Waals surface area contributed by atoms with Crippen LogP contribution in [0.4, 0.5) is 0 Å². The molecular weight excluding hydrogens is 428 g/mol. The fourth-order valence-corrected chi connectivity index (χ4v) is 5.43. The van der Waals surface area contributed by atoms with Crippen LogP contribution in [-0.2, 0) is 19.6 Å². The minimum absolute atomic E-state index is 0.0125. The topological polar surface area (TPSA) is 92.8 Å². The quantitative estimate of drug-likeness (QED) is 0.425. The lowest BCUT2D eigenvalue weighted by molar-refractivity contribution is -0.140. The molecule has 2 rings (SSSR count). The Bertz CT molecular complexity index is 821. The maximum Gasteiger partial charge on any atom is 0.305 e. The van der Waals surface area contributed by atoms with Crippen molar-refractivity contribution >= 4 is 33.5 Å². The average Bonchev–Trinajstić information content (AvgIpc) is 3.03. The van der Waals surface area contributed by atoms with Crippen molar-refractivity contribution in [2.24, 2.45) is 0 Å². The fraction of sp³-hybridized carbons (Fsp3) is 0.619. The summed E-state index contributed by atoms with van der Waals surface area (Å²) in [5, 5.41) is 2.94. The molecule has 1 N–H and O–H groups in total. The van der Waals surface area contributed by atoms with E-state index in [2.05, 4.69) is 10.1 Å². The Kier molecular flexibility index (Phi) is 10.1. The molecular formula is C21H31ClN2O5S. The number of carbonyl (C=O) groups is 2. The van der Waals surface area contributed by atoms with Crippen LogP contribution >= 0.6 is 11.6 Å². The van der Waals surface area contributed by atoms with Gasteiger partial charge >= 0.3 is 5.97 Å². The number of methoxy groups -OCH3 is 1. The molecule has 0 aliphatic carbocycles. The van der Waals surface area contributed by atoms with E-state index < -0.39 is 10.0 Å². The minimum atomic E-state index is -3.73. The number of sulfonamides is 1. The third-order valence-corrected chi connectivity index (χ3v) is 7.58. The van der Waals surface area contributed by atoms with Gasteiger partial charge in [0.05, 0.1) is 12.1 Å². The predicted molar refractivity (Wildman–Crippen MR) is 116 cm³/mol. The van der Waals surface area contributed by atoms with Crippen LogP contribution in [0.1, 0.15) is 68.1 Å². The zero-order valence-electron chi connectivity index (χ0n) is 17.5. The molecule has 30 heavy (non-hydrogen) atoms. The van der Waals surface area contributed by atoms with E-state index in [1.807, 2.05) is 0 Å². The largest absolute Gasteiger partial charge is 0.469 e. The van der Waals surface area contributed by atoms with Crippen molar-refractivity contribution < 1.29 is 22.7 Å². The third-order valence-electron chi connectivity index (χ3n) is 5.20. The first kappa shape index (κ1) is 24.6. The van der Waals surface area contributed by atoms with Crippen molar-refractivity contribution in [3.05, 3.63) is 28.8 Å². The van der Waals surface area contributed by atoms with Crippen LogP contribution in [-0.4, -0.2) is 51.3 Å². The van der Waals surface area contributed by atoms with E-state index in [9.17, 15) is 18.0 Å². The normalized spacial score (nSPS) is 15.4. The summed E-state index contributed by atoms with van der Waals surface area (Å²) in [4.78, 5) is 23.5. The second kappa shape index (κ2) is 12.3. The molecule has 1 aliphatic rings. The second-order valence-corrected chi connectivity index (χ2v) is 9.77. The number of esters is 1. The van der Waals surface area contributed by atoms with Gasteiger partial charge in [-0.05, 0) is 43.9 Å². The Morgan fingerprint density at radius 2 is 1.73 bits per heavy atom. The molecule has 1 amide bonds. The Morgan fingerprint density at radius 3 is 2.40 bits per heavy atom. The zero-order chi connectivity index (χ0) is 22.0. The van der Waals surface area contributed by atoms with Crippen LogP contribution < -0.4 is 5.32 Å². The highest BCUT2D eigenvalue weighted by atomic mass is 35.5. The summed E-state index contributed by atoms with van der Waals surface area (Å²) in [5.74, 6) is -0.537. The van der Waals surface area contributed by atoms with Crippen molar-refractivity contribution in [2.75, 3.05) is 26.7 Å². The lowest BCUT2D eigenvalue weighted by Gasteiger charge is -2.21. The van der Waals surface area contributed by atoms with Crippen LogP contribution in [0.2, 0.25) is 5.02 Å². The first-order valence-electron chi connectivity index (χ1n) is 10.5. The van der Waals surface area contributed by atoms with Gasteiger partial charge < -0.3 is 10.1 Å². The van der Waals surface area contributed by atoms with Crippen LogP contribution in [0.5, 0.6) is 0 Å². The SMILES string of the molecule is COC(=O)CCCCCCNC(=O)c1ccc(Cl)c(S(=O)(=O)N2CCCCCC2)c1. The summed E-state index contributed by atoms with van der Waals surface area (Å²) in [6.45, 7) is 1.43. The number of nitrogens with one attached hydrogen (secondary N) is 1. The van der Waals surface area contributed by atoms with Gasteiger partial charge in [-0.15, -0.1) is 0 Å². The smallest absolute Gasteiger partial charge is 0.305 e. The van der Waals surface area contributed by atoms with E-state index in [1.165, 1.54) is 29.6 Å². The summed E-state index contributed by atoms with van der Waals surface area (Å²) in [6, 6.07) is 4.37. The molecule has 1 aliphatic heterocycles. The summed E-state index contributed by atoms with van der Waals surface area (Å²) in [6.07, 6.45) is 7.40. The third kappa shape index (κ3) is 7.25. The van der Waals surface area contributed by atoms with E-state index in [4.69, 9.17) is 11.6 Å². The average molecular weight is 459 g/mol. The van der Waals surface area contributed by atoms with Crippen molar-refractivity contribution in [1.82, 2.24) is 9.62 Å². The Balaban J connectivity index is 1.90. The van der Waals surface area contributed by atoms with Crippen LogP contribution in [0.3, 0.4) is 0 Å². The zero-order valence-corrected chi connectivity index (χ0v) is 19.1. The molecule has 1 saturated heterocycles. The molecule has 0 unspecified atom stereocenters. The molecule has 9 heteroatoms. The highest BCUT2D eigenvalue weighted by Crippen LogP contribution is 2.27. The minimum Gasteiger partial charge on any atom is -0.469 e. The van der Waals surface area contributed by atoms with E-state index in [0.29, 0.717) is 26.1 Å². The fourth-order valence-electron chi connectivity index (χ4n) is 3.42. The molecule has 0 spiro atoms. The van der Waals surface area contributed by atoms with Gasteiger partial charge in [-0.25, -0.2) is 8.42 Å². The van der Waals surface area contributed by atoms with Gasteiger partial charge in [0.2, 0.25) is 10.0 Å². The molecule has 1 aromatic rings. The maximum atomic E-state index is 13.0. The van der Waals surface area contributed by atoms with Crippen LogP contribution in [0, 0.1) is 0 Å². The van der Waals surface area contributed by atoms with Crippen LogP contribution in [0.25, 0.3) is 0 Å². The number of hydrogen-bond acceptors (Lipinski definition) is 5. The molecule has 7 nitrogen and oxygen atoms in total. The molecule has 168 valence electrons. The number of amides is 1. The lowest BCUT2D eigenvalue weighted by atomic mass is 10.1. The van der Waals surface area contributed by atoms with E-state index in [-0.39, 0.29) is 27.4 Å². The molecule has 1 fully saturated rings. The van der Waals surface area contributed by atoms with Gasteiger partial charge in [-0.1, -0.05) is 37.3 Å². The van der Waals surface area contributed by atoms with E-state index in [0.717, 1.165) is 51.4 Å². The van der Waals surface area contributed by atoms with Gasteiger partial charge in [0, 0.05) is 31.6 Å². The molecule has 0 atom stereocenters. The number of ether oxygens (including phenoxy) is 1. The number of unbranched alkanes of at least 4 members (excludes halogenated alkanes) is 3. The second-order valence-electron chi connectivity index (χ2n) is 7.46. The van der Waals surface area contributed by atoms with Crippen molar-refractivity contribution in [3.63, 3.8) is 0 Å². The summed E-state index contributed by atoms with van der Waals surface area (Å²) in [7, 11) is -2.36. The standard InChI is InChI=1S/C21H31ClN2O5S/c1-29-20(25)10-6-2-3-7-13-23-21(26)17-11-12-18(22)19(16-17)30(27,28)24-14-8-4-5-9-15-24/h11-12,16H,2-10,13-15H2,1H3,(H,23,26). The monoisotopic (exact) mass is 458 g/mol. The van der Waals surface area contributed by atoms with Gasteiger partial charge in [0.15, 0.2) is 0 Å². The van der Waals surface area contributed by atoms with Crippen LogP contribution in [0.15, 0.2) is 23.1 Å². The lowest BCUT2D eigenvalue weighted by Crippen LogP contribution is -2.32. The summed E-state index contributed by atoms with van der Waals surface area (Å²) in [5.41, 5.74) is 0.276. The molecule has 1 aromatic carbocycles. The van der Waals surface area contributed by atoms with E-state index >= 15 is 0 Å².